The molecule has 0 bridgehead atoms. The van der Waals surface area contributed by atoms with Gasteiger partial charge in [0.15, 0.2) is 0 Å². The molecule has 4 nitrogen and oxygen atoms in total. The maximum absolute atomic E-state index is 13.6. The normalized spacial score (nSPS) is 15.1. The number of carbonyl (C=O) groups excluding carboxylic acids is 1. The predicted molar refractivity (Wildman–Crippen MR) is 81.2 cm³/mol. The first-order valence-corrected chi connectivity index (χ1v) is 7.09. The average Bonchev–Trinajstić information content (AvgIpc) is 2.92. The molecule has 1 aromatic rings. The van der Waals surface area contributed by atoms with Gasteiger partial charge in [0, 0.05) is 6.04 Å². The largest absolute Gasteiger partial charge is 0.392 e. The number of nitrogens with one attached hydrogen (secondary N) is 1. The molecule has 0 aliphatic heterocycles. The number of halogens is 1. The summed E-state index contributed by atoms with van der Waals surface area (Å²) in [5, 5.41) is 2.59. The molecule has 1 aromatic carbocycles. The second-order valence-electron chi connectivity index (χ2n) is 4.94. The van der Waals surface area contributed by atoms with E-state index in [0.29, 0.717) is 0 Å². The van der Waals surface area contributed by atoms with E-state index >= 15 is 0 Å². The van der Waals surface area contributed by atoms with Crippen LogP contribution in [-0.2, 0) is 0 Å². The molecule has 1 saturated carbocycles. The number of nitrogens with two attached hydrogens (primary N) is 1. The fourth-order valence-electron chi connectivity index (χ4n) is 2.50. The van der Waals surface area contributed by atoms with Crippen LogP contribution in [0.2, 0.25) is 0 Å². The zero-order chi connectivity index (χ0) is 14.5. The summed E-state index contributed by atoms with van der Waals surface area (Å²) in [6.45, 7) is 0.223. The van der Waals surface area contributed by atoms with Crippen molar-refractivity contribution in [3.05, 3.63) is 30.1 Å². The average molecular weight is 295 g/mol. The minimum atomic E-state index is -0.456. The Balaban J connectivity index is 2.09. The van der Waals surface area contributed by atoms with Crippen molar-refractivity contribution < 1.29 is 9.18 Å². The standard InChI is InChI=1S/C14H18FN3OS/c15-11-7-3-4-8-12(11)17-14(19)18(9-13(16)20)10-5-1-2-6-10/h3-4,7-8,10H,1-2,5-6,9H2,(H2,16,20)(H,17,19). The van der Waals surface area contributed by atoms with Crippen molar-refractivity contribution in [2.75, 3.05) is 11.9 Å². The molecule has 20 heavy (non-hydrogen) atoms. The molecule has 0 aromatic heterocycles. The van der Waals surface area contributed by atoms with Crippen molar-refractivity contribution in [1.29, 1.82) is 0 Å². The van der Waals surface area contributed by atoms with Crippen molar-refractivity contribution in [2.45, 2.75) is 31.7 Å². The van der Waals surface area contributed by atoms with Crippen LogP contribution in [0.15, 0.2) is 24.3 Å². The molecule has 2 amide bonds. The SMILES string of the molecule is NC(=S)CN(C(=O)Nc1ccccc1F)C1CCCC1. The predicted octanol–water partition coefficient (Wildman–Crippen LogP) is 2.89. The molecule has 0 unspecified atom stereocenters. The van der Waals surface area contributed by atoms with Crippen LogP contribution in [0.3, 0.4) is 0 Å². The van der Waals surface area contributed by atoms with Crippen LogP contribution in [0, 0.1) is 5.82 Å². The van der Waals surface area contributed by atoms with Crippen LogP contribution in [-0.4, -0.2) is 28.5 Å². The highest BCUT2D eigenvalue weighted by atomic mass is 32.1. The third kappa shape index (κ3) is 3.66. The highest BCUT2D eigenvalue weighted by Crippen LogP contribution is 2.24. The summed E-state index contributed by atoms with van der Waals surface area (Å²) in [6, 6.07) is 5.86. The van der Waals surface area contributed by atoms with Gasteiger partial charge in [0.2, 0.25) is 0 Å². The van der Waals surface area contributed by atoms with Crippen LogP contribution >= 0.6 is 12.2 Å². The molecule has 2 rings (SSSR count). The van der Waals surface area contributed by atoms with Crippen LogP contribution < -0.4 is 11.1 Å². The van der Waals surface area contributed by atoms with Gasteiger partial charge in [-0.15, -0.1) is 0 Å². The quantitative estimate of drug-likeness (QED) is 0.840. The number of nitrogens with zero attached hydrogens (tertiary/aromatic N) is 1. The van der Waals surface area contributed by atoms with Gasteiger partial charge in [-0.3, -0.25) is 0 Å². The molecule has 0 radical (unpaired) electrons. The van der Waals surface area contributed by atoms with Crippen LogP contribution in [0.5, 0.6) is 0 Å². The van der Waals surface area contributed by atoms with Crippen molar-refractivity contribution >= 4 is 28.9 Å². The molecule has 3 N–H and O–H groups in total. The molecule has 108 valence electrons. The van der Waals surface area contributed by atoms with Crippen LogP contribution in [0.4, 0.5) is 14.9 Å². The summed E-state index contributed by atoms with van der Waals surface area (Å²) in [6.07, 6.45) is 4.05. The van der Waals surface area contributed by atoms with Gasteiger partial charge in [0.25, 0.3) is 0 Å². The van der Waals surface area contributed by atoms with E-state index in [1.165, 1.54) is 12.1 Å². The topological polar surface area (TPSA) is 58.4 Å². The van der Waals surface area contributed by atoms with Gasteiger partial charge >= 0.3 is 6.03 Å². The van der Waals surface area contributed by atoms with E-state index in [1.807, 2.05) is 0 Å². The lowest BCUT2D eigenvalue weighted by Gasteiger charge is -2.28. The highest BCUT2D eigenvalue weighted by Gasteiger charge is 2.27. The Bertz CT molecular complexity index is 503. The summed E-state index contributed by atoms with van der Waals surface area (Å²) >= 11 is 4.90. The maximum atomic E-state index is 13.6. The zero-order valence-corrected chi connectivity index (χ0v) is 12.0. The molecule has 0 heterocycles. The Morgan fingerprint density at radius 1 is 1.40 bits per heavy atom. The van der Waals surface area contributed by atoms with E-state index in [0.717, 1.165) is 25.7 Å². The Labute approximate surface area is 123 Å². The lowest BCUT2D eigenvalue weighted by atomic mass is 10.2. The van der Waals surface area contributed by atoms with Crippen LogP contribution in [0.1, 0.15) is 25.7 Å². The summed E-state index contributed by atoms with van der Waals surface area (Å²) in [5.41, 5.74) is 5.73. The Morgan fingerprint density at radius 3 is 2.65 bits per heavy atom. The molecule has 1 aliphatic carbocycles. The Kier molecular flexibility index (Phi) is 4.89. The van der Waals surface area contributed by atoms with Crippen molar-refractivity contribution in [3.8, 4) is 0 Å². The van der Waals surface area contributed by atoms with E-state index in [4.69, 9.17) is 18.0 Å². The second-order valence-corrected chi connectivity index (χ2v) is 5.47. The van der Waals surface area contributed by atoms with Crippen LogP contribution in [0.25, 0.3) is 0 Å². The highest BCUT2D eigenvalue weighted by molar-refractivity contribution is 7.80. The number of anilines is 1. The molecule has 1 aliphatic rings. The third-order valence-electron chi connectivity index (χ3n) is 3.47. The second kappa shape index (κ2) is 6.65. The molecule has 0 spiro atoms. The van der Waals surface area contributed by atoms with E-state index in [-0.39, 0.29) is 29.3 Å². The van der Waals surface area contributed by atoms with E-state index in [1.54, 1.807) is 17.0 Å². The monoisotopic (exact) mass is 295 g/mol. The molecular formula is C14H18FN3OS. The maximum Gasteiger partial charge on any atom is 0.322 e. The lowest BCUT2D eigenvalue weighted by Crippen LogP contribution is -2.45. The number of hydrogen-bond donors (Lipinski definition) is 2. The fourth-order valence-corrected chi connectivity index (χ4v) is 2.64. The van der Waals surface area contributed by atoms with Gasteiger partial charge in [0.1, 0.15) is 5.82 Å². The molecule has 1 fully saturated rings. The number of thiocarbonyl (C=S) groups is 1. The summed E-state index contributed by atoms with van der Waals surface area (Å²) < 4.78 is 13.6. The van der Waals surface area contributed by atoms with Gasteiger partial charge in [0.05, 0.1) is 17.2 Å². The number of urea groups is 1. The minimum absolute atomic E-state index is 0.128. The zero-order valence-electron chi connectivity index (χ0n) is 11.1. The molecule has 0 atom stereocenters. The molecule has 0 saturated heterocycles. The number of carbonyl (C=O) groups is 1. The number of hydrogen-bond acceptors (Lipinski definition) is 2. The first-order chi connectivity index (χ1) is 9.58. The number of para-hydroxylation sites is 1. The molecule has 6 heteroatoms. The van der Waals surface area contributed by atoms with Gasteiger partial charge in [-0.1, -0.05) is 37.2 Å². The van der Waals surface area contributed by atoms with Gasteiger partial charge in [-0.25, -0.2) is 9.18 Å². The summed E-state index contributed by atoms with van der Waals surface area (Å²) in [5.74, 6) is -0.456. The van der Waals surface area contributed by atoms with E-state index in [9.17, 15) is 9.18 Å². The van der Waals surface area contributed by atoms with E-state index in [2.05, 4.69) is 5.32 Å². The first kappa shape index (κ1) is 14.7. The van der Waals surface area contributed by atoms with Gasteiger partial charge in [-0.05, 0) is 25.0 Å². The van der Waals surface area contributed by atoms with Crippen molar-refractivity contribution in [2.24, 2.45) is 5.73 Å². The first-order valence-electron chi connectivity index (χ1n) is 6.68. The fraction of sp³-hybridized carbons (Fsp3) is 0.429. The van der Waals surface area contributed by atoms with Crippen molar-refractivity contribution in [3.63, 3.8) is 0 Å². The Morgan fingerprint density at radius 2 is 2.05 bits per heavy atom. The number of rotatable bonds is 4. The molecular weight excluding hydrogens is 277 g/mol. The minimum Gasteiger partial charge on any atom is -0.392 e. The third-order valence-corrected chi connectivity index (χ3v) is 3.60. The van der Waals surface area contributed by atoms with Crippen molar-refractivity contribution in [1.82, 2.24) is 4.90 Å². The lowest BCUT2D eigenvalue weighted by molar-refractivity contribution is 0.199. The number of benzene rings is 1. The Hall–Kier alpha value is -1.69. The summed E-state index contributed by atoms with van der Waals surface area (Å²) in [4.78, 5) is 14.2. The van der Waals surface area contributed by atoms with Gasteiger partial charge in [-0.2, -0.15) is 0 Å². The smallest absolute Gasteiger partial charge is 0.322 e. The number of amides is 2. The summed E-state index contributed by atoms with van der Waals surface area (Å²) in [7, 11) is 0. The van der Waals surface area contributed by atoms with Gasteiger partial charge < -0.3 is 16.0 Å². The van der Waals surface area contributed by atoms with E-state index < -0.39 is 5.82 Å².